The van der Waals surface area contributed by atoms with Crippen LogP contribution in [0.4, 0.5) is 9.05 Å². The maximum atomic E-state index is 14.3. The van der Waals surface area contributed by atoms with E-state index in [1.165, 1.54) is 31.4 Å². The summed E-state index contributed by atoms with van der Waals surface area (Å²) in [6, 6.07) is 25.6. The van der Waals surface area contributed by atoms with Gasteiger partial charge in [-0.3, -0.25) is 4.57 Å². The highest BCUT2D eigenvalue weighted by molar-refractivity contribution is 7.94. The lowest BCUT2D eigenvalue weighted by Crippen LogP contribution is -2.19. The van der Waals surface area contributed by atoms with Crippen LogP contribution in [-0.2, 0) is 36.4 Å². The minimum atomic E-state index is -4.67. The predicted molar refractivity (Wildman–Crippen MR) is 150 cm³/mol. The van der Waals surface area contributed by atoms with E-state index in [0.717, 1.165) is 11.1 Å². The topological polar surface area (TPSA) is 78.9 Å². The number of methoxy groups -OCH3 is 1. The van der Waals surface area contributed by atoms with Gasteiger partial charge in [-0.2, -0.15) is 0 Å². The summed E-state index contributed by atoms with van der Waals surface area (Å²) in [5.41, 5.74) is 3.66. The summed E-state index contributed by atoms with van der Waals surface area (Å²) in [4.78, 5) is -0.00458. The van der Waals surface area contributed by atoms with Gasteiger partial charge in [0.25, 0.3) is 0 Å². The van der Waals surface area contributed by atoms with Crippen LogP contribution in [0, 0.1) is 12.2 Å². The molecule has 40 heavy (non-hydrogen) atoms. The Balaban J connectivity index is 1.84. The number of rotatable bonds is 11. The van der Waals surface area contributed by atoms with E-state index < -0.39 is 23.6 Å². The van der Waals surface area contributed by atoms with E-state index in [-0.39, 0.29) is 32.9 Å². The Bertz CT molecular complexity index is 1640. The molecule has 0 saturated carbocycles. The summed E-state index contributed by atoms with van der Waals surface area (Å²) in [7, 11) is -7.41. The third-order valence-corrected chi connectivity index (χ3v) is 9.76. The molecule has 0 spiro atoms. The summed E-state index contributed by atoms with van der Waals surface area (Å²) in [5, 5.41) is 0.0922. The molecule has 4 rings (SSSR count). The lowest BCUT2D eigenvalue weighted by atomic mass is 9.94. The quantitative estimate of drug-likeness (QED) is 0.160. The van der Waals surface area contributed by atoms with Crippen LogP contribution in [0.5, 0.6) is 5.75 Å². The van der Waals surface area contributed by atoms with Gasteiger partial charge >= 0.3 is 7.60 Å². The SMILES string of the molecule is COc1ccccc1S(=O)(=O)[C](Cc1ccc(CP(=O)(OF)OF)c(Cl)c1)c1ccccc1-c1ccc(C)cc1. The highest BCUT2D eigenvalue weighted by Crippen LogP contribution is 2.53. The Kier molecular flexibility index (Phi) is 9.44. The van der Waals surface area contributed by atoms with Crippen molar-refractivity contribution in [2.24, 2.45) is 0 Å². The van der Waals surface area contributed by atoms with E-state index in [1.54, 1.807) is 30.3 Å². The number of hydrogen-bond acceptors (Lipinski definition) is 6. The lowest BCUT2D eigenvalue weighted by Gasteiger charge is -2.22. The highest BCUT2D eigenvalue weighted by atomic mass is 35.5. The monoisotopic (exact) mass is 605 g/mol. The second-order valence-electron chi connectivity index (χ2n) is 9.00. The molecule has 0 N–H and O–H groups in total. The van der Waals surface area contributed by atoms with E-state index in [9.17, 15) is 22.0 Å². The maximum absolute atomic E-state index is 14.3. The van der Waals surface area contributed by atoms with Gasteiger partial charge in [0, 0.05) is 5.02 Å². The number of halogens is 3. The molecular formula is C29H25ClF2O6PS. The van der Waals surface area contributed by atoms with Crippen molar-refractivity contribution in [1.82, 2.24) is 0 Å². The van der Waals surface area contributed by atoms with Crippen LogP contribution in [0.1, 0.15) is 22.3 Å². The number of sulfone groups is 1. The zero-order valence-electron chi connectivity index (χ0n) is 21.5. The molecule has 0 heterocycles. The molecule has 1 radical (unpaired) electrons. The molecule has 0 unspecified atom stereocenters. The molecule has 0 aliphatic heterocycles. The molecule has 0 bridgehead atoms. The normalized spacial score (nSPS) is 12.1. The van der Waals surface area contributed by atoms with Crippen molar-refractivity contribution in [2.45, 2.75) is 24.4 Å². The molecule has 11 heteroatoms. The molecular weight excluding hydrogens is 581 g/mol. The number of ether oxygens (including phenoxy) is 1. The number of benzene rings is 4. The first kappa shape index (κ1) is 29.9. The lowest BCUT2D eigenvalue weighted by molar-refractivity contribution is -0.0881. The van der Waals surface area contributed by atoms with Gasteiger partial charge in [-0.15, -0.1) is 9.46 Å². The van der Waals surface area contributed by atoms with Crippen molar-refractivity contribution in [3.05, 3.63) is 124 Å². The van der Waals surface area contributed by atoms with Crippen molar-refractivity contribution in [3.8, 4) is 16.9 Å². The Labute approximate surface area is 236 Å². The highest BCUT2D eigenvalue weighted by Gasteiger charge is 2.35. The maximum Gasteiger partial charge on any atom is 0.399 e. The van der Waals surface area contributed by atoms with Crippen LogP contribution < -0.4 is 4.74 Å². The molecule has 209 valence electrons. The van der Waals surface area contributed by atoms with Gasteiger partial charge in [-0.05, 0) is 68.4 Å². The van der Waals surface area contributed by atoms with E-state index in [0.29, 0.717) is 16.7 Å². The van der Waals surface area contributed by atoms with Gasteiger partial charge in [0.1, 0.15) is 15.9 Å². The first-order valence-corrected chi connectivity index (χ1v) is 15.6. The molecule has 4 aromatic rings. The fourth-order valence-corrected chi connectivity index (χ4v) is 7.24. The second-order valence-corrected chi connectivity index (χ2v) is 13.2. The van der Waals surface area contributed by atoms with Gasteiger partial charge in [-0.25, -0.2) is 8.42 Å². The minimum absolute atomic E-state index is 0.00458. The molecule has 0 aliphatic rings. The third-order valence-electron chi connectivity index (χ3n) is 6.33. The zero-order valence-corrected chi connectivity index (χ0v) is 24.0. The second kappa shape index (κ2) is 12.6. The summed E-state index contributed by atoms with van der Waals surface area (Å²) in [6.07, 6.45) is -0.842. The van der Waals surface area contributed by atoms with Gasteiger partial charge in [0.05, 0.1) is 13.3 Å². The Morgan fingerprint density at radius 2 is 1.55 bits per heavy atom. The summed E-state index contributed by atoms with van der Waals surface area (Å²) >= 11 is 6.34. The predicted octanol–water partition coefficient (Wildman–Crippen LogP) is 8.42. The van der Waals surface area contributed by atoms with Crippen molar-refractivity contribution >= 4 is 29.0 Å². The Morgan fingerprint density at radius 3 is 2.20 bits per heavy atom. The van der Waals surface area contributed by atoms with Gasteiger partial charge in [0.15, 0.2) is 9.84 Å². The van der Waals surface area contributed by atoms with Gasteiger partial charge < -0.3 is 4.74 Å². The average Bonchev–Trinajstić information content (AvgIpc) is 2.97. The van der Waals surface area contributed by atoms with Crippen molar-refractivity contribution < 1.29 is 36.2 Å². The zero-order chi connectivity index (χ0) is 28.9. The Morgan fingerprint density at radius 1 is 0.900 bits per heavy atom. The molecule has 6 nitrogen and oxygen atoms in total. The van der Waals surface area contributed by atoms with E-state index in [4.69, 9.17) is 16.3 Å². The van der Waals surface area contributed by atoms with Crippen molar-refractivity contribution in [3.63, 3.8) is 0 Å². The largest absolute Gasteiger partial charge is 0.495 e. The van der Waals surface area contributed by atoms with Crippen LogP contribution >= 0.6 is 19.2 Å². The number of hydrogen-bond donors (Lipinski definition) is 0. The van der Waals surface area contributed by atoms with E-state index in [1.807, 2.05) is 43.3 Å². The molecule has 0 saturated heterocycles. The summed E-state index contributed by atoms with van der Waals surface area (Å²) in [5.74, 6) is 0.189. The molecule has 0 atom stereocenters. The molecule has 0 amide bonds. The molecule has 4 aromatic carbocycles. The smallest absolute Gasteiger partial charge is 0.399 e. The van der Waals surface area contributed by atoms with Crippen molar-refractivity contribution in [1.29, 1.82) is 0 Å². The fourth-order valence-electron chi connectivity index (χ4n) is 4.30. The summed E-state index contributed by atoms with van der Waals surface area (Å²) in [6.45, 7) is 1.96. The molecule has 0 fully saturated rings. The number of aryl methyl sites for hydroxylation is 1. The Hall–Kier alpha value is -3.07. The van der Waals surface area contributed by atoms with E-state index in [2.05, 4.69) is 9.46 Å². The van der Waals surface area contributed by atoms with Crippen LogP contribution in [0.3, 0.4) is 0 Å². The third kappa shape index (κ3) is 6.45. The van der Waals surface area contributed by atoms with Crippen LogP contribution in [0.2, 0.25) is 5.02 Å². The molecule has 0 aromatic heterocycles. The fraction of sp³-hybridized carbons (Fsp3) is 0.138. The van der Waals surface area contributed by atoms with Crippen LogP contribution in [0.25, 0.3) is 11.1 Å². The average molecular weight is 606 g/mol. The van der Waals surface area contributed by atoms with Gasteiger partial charge in [-0.1, -0.05) is 90.0 Å². The van der Waals surface area contributed by atoms with Gasteiger partial charge in [0.2, 0.25) is 0 Å². The first-order chi connectivity index (χ1) is 19.1. The minimum Gasteiger partial charge on any atom is -0.495 e. The standard InChI is InChI=1S/C29H25ClF2O6PS/c1-20-11-14-22(15-12-20)24-7-3-4-8-25(24)29(40(34,35)28-10-6-5-9-27(28)36-2)18-21-13-16-23(26(30)17-21)19-39(33,37-31)38-32/h3-17H,18-19H2,1-2H3. The summed E-state index contributed by atoms with van der Waals surface area (Å²) < 4.78 is 77.4. The van der Waals surface area contributed by atoms with E-state index >= 15 is 0 Å². The number of para-hydroxylation sites is 1. The van der Waals surface area contributed by atoms with Crippen molar-refractivity contribution in [2.75, 3.05) is 7.11 Å². The van der Waals surface area contributed by atoms with Crippen LogP contribution in [0.15, 0.2) is 95.9 Å². The molecule has 0 aliphatic carbocycles. The van der Waals surface area contributed by atoms with Crippen LogP contribution in [-0.4, -0.2) is 15.5 Å². The first-order valence-electron chi connectivity index (χ1n) is 12.0.